The van der Waals surface area contributed by atoms with E-state index < -0.39 is 0 Å². The number of hydrogen-bond donors (Lipinski definition) is 0. The lowest BCUT2D eigenvalue weighted by molar-refractivity contribution is -0.141. The zero-order valence-electron chi connectivity index (χ0n) is 9.99. The van der Waals surface area contributed by atoms with Crippen LogP contribution in [-0.4, -0.2) is 11.0 Å². The van der Waals surface area contributed by atoms with Gasteiger partial charge < -0.3 is 4.74 Å². The van der Waals surface area contributed by atoms with E-state index in [0.29, 0.717) is 5.57 Å². The molecule has 1 rings (SSSR count). The van der Waals surface area contributed by atoms with Crippen molar-refractivity contribution in [2.45, 2.75) is 27.4 Å². The first-order valence-electron chi connectivity index (χ1n) is 5.17. The number of carbonyl (C=O) groups is 1. The lowest BCUT2D eigenvalue weighted by Crippen LogP contribution is -2.19. The highest BCUT2D eigenvalue weighted by atomic mass is 16.5. The summed E-state index contributed by atoms with van der Waals surface area (Å²) in [6.07, 6.45) is 1.67. The number of pyridine rings is 1. The van der Waals surface area contributed by atoms with Gasteiger partial charge in [-0.1, -0.05) is 33.4 Å². The molecule has 1 heterocycles. The van der Waals surface area contributed by atoms with E-state index in [-0.39, 0.29) is 18.0 Å². The molecule has 3 nitrogen and oxygen atoms in total. The molecule has 0 spiro atoms. The van der Waals surface area contributed by atoms with E-state index in [1.54, 1.807) is 6.20 Å². The van der Waals surface area contributed by atoms with Gasteiger partial charge in [0.25, 0.3) is 0 Å². The second-order valence-corrected chi connectivity index (χ2v) is 4.63. The van der Waals surface area contributed by atoms with Crippen molar-refractivity contribution in [3.05, 3.63) is 42.2 Å². The minimum Gasteiger partial charge on any atom is -0.456 e. The molecule has 1 aromatic rings. The number of aromatic nitrogens is 1. The van der Waals surface area contributed by atoms with Gasteiger partial charge in [-0.25, -0.2) is 4.79 Å². The van der Waals surface area contributed by atoms with E-state index in [1.807, 2.05) is 39.0 Å². The van der Waals surface area contributed by atoms with Crippen molar-refractivity contribution in [3.63, 3.8) is 0 Å². The van der Waals surface area contributed by atoms with E-state index in [4.69, 9.17) is 4.74 Å². The van der Waals surface area contributed by atoms with E-state index in [0.717, 1.165) is 5.69 Å². The molecule has 3 heteroatoms. The van der Waals surface area contributed by atoms with Gasteiger partial charge in [-0.05, 0) is 17.5 Å². The molecule has 0 aliphatic rings. The first-order valence-corrected chi connectivity index (χ1v) is 5.17. The summed E-state index contributed by atoms with van der Waals surface area (Å²) in [6.45, 7) is 9.72. The van der Waals surface area contributed by atoms with Gasteiger partial charge in [-0.3, -0.25) is 4.98 Å². The minimum atomic E-state index is -0.363. The van der Waals surface area contributed by atoms with Gasteiger partial charge >= 0.3 is 5.97 Å². The molecule has 1 aromatic heterocycles. The van der Waals surface area contributed by atoms with Crippen molar-refractivity contribution < 1.29 is 9.53 Å². The largest absolute Gasteiger partial charge is 0.456 e. The number of esters is 1. The van der Waals surface area contributed by atoms with E-state index in [9.17, 15) is 4.79 Å². The molecular weight excluding hydrogens is 202 g/mol. The number of hydrogen-bond acceptors (Lipinski definition) is 3. The van der Waals surface area contributed by atoms with Crippen LogP contribution in [0.25, 0.3) is 0 Å². The SMILES string of the molecule is C=C(C(=O)OCc1ccccn1)C(C)(C)C. The summed E-state index contributed by atoms with van der Waals surface area (Å²) in [5.74, 6) is -0.363. The summed E-state index contributed by atoms with van der Waals surface area (Å²) in [5, 5.41) is 0. The zero-order chi connectivity index (χ0) is 12.2. The predicted octanol–water partition coefficient (Wildman–Crippen LogP) is 2.73. The molecule has 0 atom stereocenters. The summed E-state index contributed by atoms with van der Waals surface area (Å²) >= 11 is 0. The summed E-state index contributed by atoms with van der Waals surface area (Å²) in [5.41, 5.74) is 0.947. The average Bonchev–Trinajstić information content (AvgIpc) is 2.25. The van der Waals surface area contributed by atoms with Gasteiger partial charge in [-0.15, -0.1) is 0 Å². The standard InChI is InChI=1S/C13H17NO2/c1-10(13(2,3)4)12(15)16-9-11-7-5-6-8-14-11/h5-8H,1,9H2,2-4H3. The zero-order valence-corrected chi connectivity index (χ0v) is 9.99. The number of rotatable bonds is 3. The molecule has 0 amide bonds. The molecule has 16 heavy (non-hydrogen) atoms. The molecular formula is C13H17NO2. The fourth-order valence-electron chi connectivity index (χ4n) is 1.02. The van der Waals surface area contributed by atoms with Crippen LogP contribution in [0.5, 0.6) is 0 Å². The normalized spacial score (nSPS) is 10.9. The lowest BCUT2D eigenvalue weighted by Gasteiger charge is -2.19. The molecule has 0 N–H and O–H groups in total. The topological polar surface area (TPSA) is 39.2 Å². The summed E-state index contributed by atoms with van der Waals surface area (Å²) in [7, 11) is 0. The van der Waals surface area contributed by atoms with Crippen molar-refractivity contribution in [2.24, 2.45) is 5.41 Å². The minimum absolute atomic E-state index is 0.189. The van der Waals surface area contributed by atoms with E-state index in [2.05, 4.69) is 11.6 Å². The van der Waals surface area contributed by atoms with Crippen LogP contribution in [0, 0.1) is 5.41 Å². The maximum Gasteiger partial charge on any atom is 0.334 e. The van der Waals surface area contributed by atoms with Gasteiger partial charge in [0, 0.05) is 11.8 Å². The van der Waals surface area contributed by atoms with E-state index >= 15 is 0 Å². The highest BCUT2D eigenvalue weighted by Gasteiger charge is 2.22. The fourth-order valence-corrected chi connectivity index (χ4v) is 1.02. The second-order valence-electron chi connectivity index (χ2n) is 4.63. The third-order valence-electron chi connectivity index (χ3n) is 2.23. The van der Waals surface area contributed by atoms with Crippen molar-refractivity contribution in [2.75, 3.05) is 0 Å². The Kier molecular flexibility index (Phi) is 3.82. The molecule has 0 radical (unpaired) electrons. The van der Waals surface area contributed by atoms with Crippen LogP contribution in [0.1, 0.15) is 26.5 Å². The first-order chi connectivity index (χ1) is 7.41. The Morgan fingerprint density at radius 2 is 2.12 bits per heavy atom. The average molecular weight is 219 g/mol. The van der Waals surface area contributed by atoms with Crippen LogP contribution in [0.15, 0.2) is 36.5 Å². The summed E-state index contributed by atoms with van der Waals surface area (Å²) in [6, 6.07) is 5.49. The van der Waals surface area contributed by atoms with Gasteiger partial charge in [0.15, 0.2) is 0 Å². The quantitative estimate of drug-likeness (QED) is 0.579. The van der Waals surface area contributed by atoms with Gasteiger partial charge in [0.05, 0.1) is 5.69 Å². The van der Waals surface area contributed by atoms with Crippen molar-refractivity contribution >= 4 is 5.97 Å². The highest BCUT2D eigenvalue weighted by Crippen LogP contribution is 2.24. The first kappa shape index (κ1) is 12.4. The molecule has 0 aliphatic heterocycles. The Labute approximate surface area is 96.2 Å². The van der Waals surface area contributed by atoms with E-state index in [1.165, 1.54) is 0 Å². The Hall–Kier alpha value is -1.64. The molecule has 0 aromatic carbocycles. The molecule has 0 saturated carbocycles. The van der Waals surface area contributed by atoms with Crippen LogP contribution in [0.2, 0.25) is 0 Å². The third kappa shape index (κ3) is 3.50. The fraction of sp³-hybridized carbons (Fsp3) is 0.385. The molecule has 0 fully saturated rings. The number of carbonyl (C=O) groups excluding carboxylic acids is 1. The van der Waals surface area contributed by atoms with Crippen molar-refractivity contribution in [1.82, 2.24) is 4.98 Å². The molecule has 0 aliphatic carbocycles. The summed E-state index contributed by atoms with van der Waals surface area (Å²) in [4.78, 5) is 15.7. The Morgan fingerprint density at radius 1 is 1.44 bits per heavy atom. The molecule has 0 bridgehead atoms. The van der Waals surface area contributed by atoms with Crippen molar-refractivity contribution in [1.29, 1.82) is 0 Å². The Bertz CT molecular complexity index is 377. The monoisotopic (exact) mass is 219 g/mol. The Morgan fingerprint density at radius 3 is 2.62 bits per heavy atom. The summed E-state index contributed by atoms with van der Waals surface area (Å²) < 4.78 is 5.12. The molecule has 0 unspecified atom stereocenters. The van der Waals surface area contributed by atoms with Crippen LogP contribution in [0.3, 0.4) is 0 Å². The lowest BCUT2D eigenvalue weighted by atomic mass is 9.88. The van der Waals surface area contributed by atoms with Crippen LogP contribution in [0.4, 0.5) is 0 Å². The van der Waals surface area contributed by atoms with Gasteiger partial charge in [0.2, 0.25) is 0 Å². The maximum atomic E-state index is 11.6. The number of ether oxygens (including phenoxy) is 1. The van der Waals surface area contributed by atoms with Crippen LogP contribution in [-0.2, 0) is 16.1 Å². The smallest absolute Gasteiger partial charge is 0.334 e. The third-order valence-corrected chi connectivity index (χ3v) is 2.23. The number of nitrogens with zero attached hydrogens (tertiary/aromatic N) is 1. The van der Waals surface area contributed by atoms with Crippen LogP contribution >= 0.6 is 0 Å². The molecule has 0 saturated heterocycles. The maximum absolute atomic E-state index is 11.6. The highest BCUT2D eigenvalue weighted by molar-refractivity contribution is 5.88. The van der Waals surface area contributed by atoms with Crippen molar-refractivity contribution in [3.8, 4) is 0 Å². The van der Waals surface area contributed by atoms with Gasteiger partial charge in [-0.2, -0.15) is 0 Å². The Balaban J connectivity index is 2.51. The van der Waals surface area contributed by atoms with Gasteiger partial charge in [0.1, 0.15) is 6.61 Å². The predicted molar refractivity (Wildman–Crippen MR) is 62.6 cm³/mol. The van der Waals surface area contributed by atoms with Crippen LogP contribution < -0.4 is 0 Å². The second kappa shape index (κ2) is 4.92. The molecule has 86 valence electrons.